The number of aromatic nitrogens is 1. The van der Waals surface area contributed by atoms with E-state index in [1.165, 1.54) is 43.1 Å². The Balaban J connectivity index is 1.38. The molecule has 1 aromatic heterocycles. The summed E-state index contributed by atoms with van der Waals surface area (Å²) in [6, 6.07) is 4.28. The van der Waals surface area contributed by atoms with Crippen LogP contribution in [-0.4, -0.2) is 24.4 Å². The van der Waals surface area contributed by atoms with Crippen LogP contribution in [0.1, 0.15) is 64.4 Å². The molecule has 1 aromatic rings. The standard InChI is InChI=1S/C26H33NO3/c1-25-12-10-19(30-24(28)29-3)15-18(25)6-7-20-22-9-8-21(17-5-4-14-27-16-17)26(22,2)13-11-23(20)25/h4-6,8,14,16,19-20,22-23H,7,9-13,15H2,1-3H3. The molecule has 6 unspecified atom stereocenters. The van der Waals surface area contributed by atoms with Crippen molar-refractivity contribution in [2.75, 3.05) is 7.11 Å². The number of rotatable bonds is 2. The fraction of sp³-hybridized carbons (Fsp3) is 0.615. The number of fused-ring (bicyclic) bond motifs is 5. The van der Waals surface area contributed by atoms with Gasteiger partial charge in [0.05, 0.1) is 7.11 Å². The molecule has 4 aliphatic rings. The maximum Gasteiger partial charge on any atom is 0.508 e. The minimum atomic E-state index is -0.550. The van der Waals surface area contributed by atoms with Crippen LogP contribution in [0.4, 0.5) is 4.79 Å². The smallest absolute Gasteiger partial charge is 0.438 e. The molecule has 1 heterocycles. The van der Waals surface area contributed by atoms with Gasteiger partial charge in [0.2, 0.25) is 0 Å². The lowest BCUT2D eigenvalue weighted by molar-refractivity contribution is -0.0335. The molecule has 4 nitrogen and oxygen atoms in total. The van der Waals surface area contributed by atoms with Gasteiger partial charge in [0.15, 0.2) is 0 Å². The Labute approximate surface area is 179 Å². The summed E-state index contributed by atoms with van der Waals surface area (Å²) in [4.78, 5) is 16.0. The summed E-state index contributed by atoms with van der Waals surface area (Å²) in [7, 11) is 1.38. The normalized spacial score (nSPS) is 39.7. The fourth-order valence-electron chi connectivity index (χ4n) is 7.45. The molecule has 160 valence electrons. The first-order valence-corrected chi connectivity index (χ1v) is 11.5. The largest absolute Gasteiger partial charge is 0.508 e. The highest BCUT2D eigenvalue weighted by Gasteiger charge is 2.57. The molecular weight excluding hydrogens is 374 g/mol. The van der Waals surface area contributed by atoms with E-state index in [0.29, 0.717) is 5.92 Å². The predicted molar refractivity (Wildman–Crippen MR) is 117 cm³/mol. The molecule has 2 fully saturated rings. The molecule has 4 aliphatic carbocycles. The first kappa shape index (κ1) is 19.8. The van der Waals surface area contributed by atoms with Crippen LogP contribution in [0.5, 0.6) is 0 Å². The highest BCUT2D eigenvalue weighted by atomic mass is 16.7. The van der Waals surface area contributed by atoms with E-state index >= 15 is 0 Å². The van der Waals surface area contributed by atoms with Gasteiger partial charge in [0.1, 0.15) is 6.10 Å². The van der Waals surface area contributed by atoms with Crippen molar-refractivity contribution in [3.63, 3.8) is 0 Å². The van der Waals surface area contributed by atoms with E-state index in [9.17, 15) is 4.79 Å². The number of allylic oxidation sites excluding steroid dienone is 3. The van der Waals surface area contributed by atoms with Crippen LogP contribution in [0.15, 0.2) is 42.3 Å². The van der Waals surface area contributed by atoms with Crippen molar-refractivity contribution in [3.8, 4) is 0 Å². The van der Waals surface area contributed by atoms with Crippen LogP contribution in [0, 0.1) is 28.6 Å². The van der Waals surface area contributed by atoms with Gasteiger partial charge in [0, 0.05) is 18.8 Å². The molecule has 0 spiro atoms. The second kappa shape index (κ2) is 7.25. The Kier molecular flexibility index (Phi) is 4.79. The molecule has 0 aliphatic heterocycles. The van der Waals surface area contributed by atoms with Crippen molar-refractivity contribution in [2.24, 2.45) is 28.6 Å². The predicted octanol–water partition coefficient (Wildman–Crippen LogP) is 6.19. The summed E-state index contributed by atoms with van der Waals surface area (Å²) < 4.78 is 10.2. The fourth-order valence-corrected chi connectivity index (χ4v) is 7.45. The maximum atomic E-state index is 11.6. The van der Waals surface area contributed by atoms with Crippen molar-refractivity contribution in [2.45, 2.75) is 64.9 Å². The first-order chi connectivity index (χ1) is 14.5. The lowest BCUT2D eigenvalue weighted by atomic mass is 9.47. The highest BCUT2D eigenvalue weighted by Crippen LogP contribution is 2.66. The number of hydrogen-bond acceptors (Lipinski definition) is 4. The van der Waals surface area contributed by atoms with Crippen LogP contribution in [0.3, 0.4) is 0 Å². The SMILES string of the molecule is COC(=O)OC1CCC2(C)C(=CCC3C2CCC2(C)C(c4cccnc4)=CCC32)C1. The van der Waals surface area contributed by atoms with Gasteiger partial charge >= 0.3 is 6.16 Å². The lowest BCUT2D eigenvalue weighted by Gasteiger charge is -2.57. The highest BCUT2D eigenvalue weighted by molar-refractivity contribution is 5.72. The topological polar surface area (TPSA) is 48.4 Å². The average molecular weight is 408 g/mol. The van der Waals surface area contributed by atoms with Gasteiger partial charge in [-0.2, -0.15) is 0 Å². The van der Waals surface area contributed by atoms with E-state index in [4.69, 9.17) is 9.47 Å². The third-order valence-corrected chi connectivity index (χ3v) is 9.04. The van der Waals surface area contributed by atoms with Crippen molar-refractivity contribution >= 4 is 11.7 Å². The van der Waals surface area contributed by atoms with E-state index in [2.05, 4.69) is 43.1 Å². The van der Waals surface area contributed by atoms with Crippen molar-refractivity contribution < 1.29 is 14.3 Å². The summed E-state index contributed by atoms with van der Waals surface area (Å²) in [5.41, 5.74) is 4.86. The third kappa shape index (κ3) is 2.94. The van der Waals surface area contributed by atoms with Crippen LogP contribution in [0.25, 0.3) is 5.57 Å². The third-order valence-electron chi connectivity index (χ3n) is 9.04. The average Bonchev–Trinajstić information content (AvgIpc) is 3.11. The maximum absolute atomic E-state index is 11.6. The number of nitrogens with zero attached hydrogens (tertiary/aromatic N) is 1. The van der Waals surface area contributed by atoms with Crippen molar-refractivity contribution in [3.05, 3.63) is 47.8 Å². The molecule has 0 aromatic carbocycles. The number of pyridine rings is 1. The van der Waals surface area contributed by atoms with Crippen LogP contribution in [0.2, 0.25) is 0 Å². The van der Waals surface area contributed by atoms with Gasteiger partial charge in [-0.3, -0.25) is 4.98 Å². The Morgan fingerprint density at radius 3 is 2.70 bits per heavy atom. The molecule has 0 N–H and O–H groups in total. The van der Waals surface area contributed by atoms with E-state index in [-0.39, 0.29) is 16.9 Å². The molecule has 6 atom stereocenters. The quantitative estimate of drug-likeness (QED) is 0.433. The Hall–Kier alpha value is -2.10. The molecule has 4 heteroatoms. The lowest BCUT2D eigenvalue weighted by Crippen LogP contribution is -2.50. The zero-order chi connectivity index (χ0) is 20.9. The van der Waals surface area contributed by atoms with Crippen LogP contribution in [-0.2, 0) is 9.47 Å². The summed E-state index contributed by atoms with van der Waals surface area (Å²) >= 11 is 0. The Morgan fingerprint density at radius 2 is 1.93 bits per heavy atom. The number of hydrogen-bond donors (Lipinski definition) is 0. The molecule has 30 heavy (non-hydrogen) atoms. The summed E-state index contributed by atoms with van der Waals surface area (Å²) in [5.74, 6) is 2.18. The van der Waals surface area contributed by atoms with E-state index in [1.807, 2.05) is 12.4 Å². The van der Waals surface area contributed by atoms with E-state index in [1.54, 1.807) is 0 Å². The Bertz CT molecular complexity index is 891. The summed E-state index contributed by atoms with van der Waals surface area (Å²) in [6.07, 6.45) is 16.1. The number of carbonyl (C=O) groups excluding carboxylic acids is 1. The minimum Gasteiger partial charge on any atom is -0.438 e. The number of methoxy groups -OCH3 is 1. The second-order valence-corrected chi connectivity index (χ2v) is 10.2. The van der Waals surface area contributed by atoms with Crippen molar-refractivity contribution in [1.82, 2.24) is 4.98 Å². The summed E-state index contributed by atoms with van der Waals surface area (Å²) in [6.45, 7) is 4.99. The molecular formula is C26H33NO3. The zero-order valence-electron chi connectivity index (χ0n) is 18.4. The number of carbonyl (C=O) groups is 1. The van der Waals surface area contributed by atoms with E-state index < -0.39 is 6.16 Å². The van der Waals surface area contributed by atoms with Crippen LogP contribution >= 0.6 is 0 Å². The van der Waals surface area contributed by atoms with Gasteiger partial charge in [-0.15, -0.1) is 0 Å². The van der Waals surface area contributed by atoms with Gasteiger partial charge in [-0.1, -0.05) is 37.6 Å². The van der Waals surface area contributed by atoms with Crippen LogP contribution < -0.4 is 0 Å². The monoisotopic (exact) mass is 407 g/mol. The zero-order valence-corrected chi connectivity index (χ0v) is 18.4. The molecule has 5 rings (SSSR count). The minimum absolute atomic E-state index is 0.0347. The molecule has 0 bridgehead atoms. The van der Waals surface area contributed by atoms with Gasteiger partial charge < -0.3 is 9.47 Å². The van der Waals surface area contributed by atoms with E-state index in [0.717, 1.165) is 37.5 Å². The molecule has 0 saturated heterocycles. The van der Waals surface area contributed by atoms with Gasteiger partial charge in [-0.25, -0.2) is 4.79 Å². The first-order valence-electron chi connectivity index (χ1n) is 11.5. The van der Waals surface area contributed by atoms with Gasteiger partial charge in [-0.05, 0) is 84.3 Å². The summed E-state index contributed by atoms with van der Waals surface area (Å²) in [5, 5.41) is 0. The molecule has 0 amide bonds. The van der Waals surface area contributed by atoms with Gasteiger partial charge in [0.25, 0.3) is 0 Å². The Morgan fingerprint density at radius 1 is 1.10 bits per heavy atom. The second-order valence-electron chi connectivity index (χ2n) is 10.2. The molecule has 0 radical (unpaired) electrons. The number of ether oxygens (including phenoxy) is 2. The van der Waals surface area contributed by atoms with Crippen molar-refractivity contribution in [1.29, 1.82) is 0 Å². The molecule has 2 saturated carbocycles.